The van der Waals surface area contributed by atoms with Crippen molar-refractivity contribution in [3.63, 3.8) is 0 Å². The highest BCUT2D eigenvalue weighted by Crippen LogP contribution is 2.43. The van der Waals surface area contributed by atoms with E-state index in [4.69, 9.17) is 17.3 Å². The van der Waals surface area contributed by atoms with E-state index in [0.29, 0.717) is 16.3 Å². The molecule has 27 heavy (non-hydrogen) atoms. The lowest BCUT2D eigenvalue weighted by Crippen LogP contribution is -2.13. The molecule has 0 aliphatic carbocycles. The van der Waals surface area contributed by atoms with E-state index in [0.717, 1.165) is 43.7 Å². The summed E-state index contributed by atoms with van der Waals surface area (Å²) < 4.78 is 0. The zero-order valence-electron chi connectivity index (χ0n) is 14.8. The second kappa shape index (κ2) is 6.87. The Balaban J connectivity index is 2.09. The minimum atomic E-state index is -0.484. The quantitative estimate of drug-likeness (QED) is 0.478. The van der Waals surface area contributed by atoms with E-state index >= 15 is 0 Å². The fraction of sp³-hybridized carbons (Fsp3) is 0.150. The van der Waals surface area contributed by atoms with Crippen LogP contribution in [0.15, 0.2) is 41.6 Å². The third-order valence-electron chi connectivity index (χ3n) is 4.50. The number of nitrogens with two attached hydrogens (primary N) is 1. The molecule has 1 amide bonds. The maximum atomic E-state index is 11.6. The van der Waals surface area contributed by atoms with E-state index < -0.39 is 5.91 Å². The van der Waals surface area contributed by atoms with Gasteiger partial charge in [0, 0.05) is 27.4 Å². The lowest BCUT2D eigenvalue weighted by molar-refractivity contribution is 0.0999. The summed E-state index contributed by atoms with van der Waals surface area (Å²) in [5.41, 5.74) is 10.0. The molecule has 0 unspecified atom stereocenters. The topological polar surface area (TPSA) is 84.7 Å². The third kappa shape index (κ3) is 2.95. The van der Waals surface area contributed by atoms with Gasteiger partial charge in [0.05, 0.1) is 39.2 Å². The van der Waals surface area contributed by atoms with Crippen LogP contribution in [0.4, 0.5) is 0 Å². The van der Waals surface area contributed by atoms with Gasteiger partial charge >= 0.3 is 0 Å². The van der Waals surface area contributed by atoms with Gasteiger partial charge in [-0.1, -0.05) is 18.5 Å². The minimum Gasteiger partial charge on any atom is -0.366 e. The predicted molar refractivity (Wildman–Crippen MR) is 111 cm³/mol. The summed E-state index contributed by atoms with van der Waals surface area (Å²) in [6.45, 7) is 3.87. The number of aromatic nitrogens is 3. The normalized spacial score (nSPS) is 11.4. The Hall–Kier alpha value is -2.57. The molecule has 0 saturated heterocycles. The molecule has 0 aliphatic rings. The lowest BCUT2D eigenvalue weighted by Gasteiger charge is -2.13. The average molecular weight is 397 g/mol. The van der Waals surface area contributed by atoms with E-state index in [9.17, 15) is 4.79 Å². The number of aromatic amines is 1. The Kier molecular flexibility index (Phi) is 4.53. The number of thioether (sulfide) groups is 1. The summed E-state index contributed by atoms with van der Waals surface area (Å²) in [4.78, 5) is 24.9. The molecular weight excluding hydrogens is 380 g/mol. The second-order valence-electron chi connectivity index (χ2n) is 6.16. The summed E-state index contributed by atoms with van der Waals surface area (Å²) in [5.74, 6) is 0.390. The molecule has 3 heterocycles. The van der Waals surface area contributed by atoms with Gasteiger partial charge in [-0.15, -0.1) is 11.8 Å². The van der Waals surface area contributed by atoms with E-state index in [1.54, 1.807) is 37.1 Å². The smallest absolute Gasteiger partial charge is 0.250 e. The number of primary amides is 1. The molecule has 0 fully saturated rings. The molecule has 0 radical (unpaired) electrons. The molecule has 0 saturated carbocycles. The van der Waals surface area contributed by atoms with Crippen LogP contribution in [0.2, 0.25) is 5.02 Å². The summed E-state index contributed by atoms with van der Waals surface area (Å²) in [6.07, 6.45) is 3.57. The zero-order chi connectivity index (χ0) is 19.1. The van der Waals surface area contributed by atoms with Crippen molar-refractivity contribution in [1.82, 2.24) is 15.0 Å². The monoisotopic (exact) mass is 396 g/mol. The number of benzene rings is 1. The van der Waals surface area contributed by atoms with Crippen molar-refractivity contribution in [3.05, 3.63) is 52.9 Å². The standard InChI is InChI=1S/C20H17ClN4OS/c1-3-27-19-14(21)8-13-12-6-7-23-9-16(12)25-18(13)17(19)15-5-4-11(20(22)26)10(2)24-15/h4-9,25H,3H2,1-2H3,(H2,22,26). The molecule has 0 bridgehead atoms. The number of hydrogen-bond donors (Lipinski definition) is 2. The SMILES string of the molecule is CCSc1c(Cl)cc2c([nH]c3cnccc32)c1-c1ccc(C(N)=O)c(C)n1. The van der Waals surface area contributed by atoms with Crippen molar-refractivity contribution in [2.45, 2.75) is 18.7 Å². The number of amides is 1. The van der Waals surface area contributed by atoms with Crippen molar-refractivity contribution in [3.8, 4) is 11.3 Å². The van der Waals surface area contributed by atoms with Crippen molar-refractivity contribution < 1.29 is 4.79 Å². The molecule has 4 aromatic rings. The van der Waals surface area contributed by atoms with Gasteiger partial charge in [0.2, 0.25) is 0 Å². The van der Waals surface area contributed by atoms with Gasteiger partial charge in [0.15, 0.2) is 0 Å². The van der Waals surface area contributed by atoms with E-state index in [1.165, 1.54) is 0 Å². The zero-order valence-corrected chi connectivity index (χ0v) is 16.4. The maximum absolute atomic E-state index is 11.6. The molecule has 4 rings (SSSR count). The van der Waals surface area contributed by atoms with E-state index in [1.807, 2.05) is 18.2 Å². The second-order valence-corrected chi connectivity index (χ2v) is 7.84. The highest BCUT2D eigenvalue weighted by molar-refractivity contribution is 7.99. The number of rotatable bonds is 4. The number of fused-ring (bicyclic) bond motifs is 3. The third-order valence-corrected chi connectivity index (χ3v) is 5.91. The fourth-order valence-corrected chi connectivity index (χ4v) is 4.53. The molecule has 5 nitrogen and oxygen atoms in total. The first-order chi connectivity index (χ1) is 13.0. The van der Waals surface area contributed by atoms with Gasteiger partial charge in [-0.05, 0) is 36.9 Å². The van der Waals surface area contributed by atoms with Crippen LogP contribution in [-0.2, 0) is 0 Å². The van der Waals surface area contributed by atoms with Gasteiger partial charge in [0.25, 0.3) is 5.91 Å². The number of aryl methyl sites for hydroxylation is 1. The number of halogens is 1. The number of nitrogens with zero attached hydrogens (tertiary/aromatic N) is 2. The van der Waals surface area contributed by atoms with Crippen molar-refractivity contribution in [2.75, 3.05) is 5.75 Å². The first kappa shape index (κ1) is 17.8. The molecule has 3 N–H and O–H groups in total. The highest BCUT2D eigenvalue weighted by Gasteiger charge is 2.20. The number of carbonyl (C=O) groups is 1. The summed E-state index contributed by atoms with van der Waals surface area (Å²) in [7, 11) is 0. The van der Waals surface area contributed by atoms with Crippen LogP contribution >= 0.6 is 23.4 Å². The van der Waals surface area contributed by atoms with Crippen LogP contribution in [-0.4, -0.2) is 26.6 Å². The maximum Gasteiger partial charge on any atom is 0.250 e. The summed E-state index contributed by atoms with van der Waals surface area (Å²) in [5, 5.41) is 2.76. The van der Waals surface area contributed by atoms with Crippen LogP contribution in [0.3, 0.4) is 0 Å². The Morgan fingerprint density at radius 2 is 2.11 bits per heavy atom. The first-order valence-corrected chi connectivity index (χ1v) is 9.86. The molecule has 0 spiro atoms. The first-order valence-electron chi connectivity index (χ1n) is 8.49. The van der Waals surface area contributed by atoms with Crippen molar-refractivity contribution in [2.24, 2.45) is 5.73 Å². The average Bonchev–Trinajstić information content (AvgIpc) is 3.00. The van der Waals surface area contributed by atoms with E-state index in [-0.39, 0.29) is 0 Å². The summed E-state index contributed by atoms with van der Waals surface area (Å²) >= 11 is 8.33. The molecule has 136 valence electrons. The minimum absolute atomic E-state index is 0.419. The number of H-pyrrole nitrogens is 1. The van der Waals surface area contributed by atoms with Crippen molar-refractivity contribution >= 4 is 51.1 Å². The van der Waals surface area contributed by atoms with Gasteiger partial charge in [-0.25, -0.2) is 0 Å². The summed E-state index contributed by atoms with van der Waals surface area (Å²) in [6, 6.07) is 7.50. The number of pyridine rings is 2. The highest BCUT2D eigenvalue weighted by atomic mass is 35.5. The molecule has 7 heteroatoms. The van der Waals surface area contributed by atoms with Crippen LogP contribution in [0.25, 0.3) is 33.1 Å². The van der Waals surface area contributed by atoms with Gasteiger partial charge < -0.3 is 10.7 Å². The van der Waals surface area contributed by atoms with Gasteiger partial charge in [-0.2, -0.15) is 0 Å². The number of hydrogen-bond acceptors (Lipinski definition) is 4. The van der Waals surface area contributed by atoms with E-state index in [2.05, 4.69) is 21.9 Å². The number of carbonyl (C=O) groups excluding carboxylic acids is 1. The van der Waals surface area contributed by atoms with Crippen LogP contribution in [0.5, 0.6) is 0 Å². The van der Waals surface area contributed by atoms with Gasteiger partial charge in [0.1, 0.15) is 0 Å². The largest absolute Gasteiger partial charge is 0.366 e. The van der Waals surface area contributed by atoms with Crippen LogP contribution in [0.1, 0.15) is 23.0 Å². The molecule has 0 aliphatic heterocycles. The van der Waals surface area contributed by atoms with Crippen LogP contribution < -0.4 is 5.73 Å². The van der Waals surface area contributed by atoms with Crippen LogP contribution in [0, 0.1) is 6.92 Å². The Labute approximate surface area is 165 Å². The number of nitrogens with one attached hydrogen (secondary N) is 1. The Morgan fingerprint density at radius 3 is 2.81 bits per heavy atom. The molecule has 1 aromatic carbocycles. The molecule has 0 atom stereocenters. The van der Waals surface area contributed by atoms with Gasteiger partial charge in [-0.3, -0.25) is 14.8 Å². The van der Waals surface area contributed by atoms with Crippen molar-refractivity contribution in [1.29, 1.82) is 0 Å². The predicted octanol–water partition coefficient (Wildman–Crippen LogP) is 4.95. The lowest BCUT2D eigenvalue weighted by atomic mass is 10.0. The Bertz CT molecular complexity index is 1200. The molecule has 3 aromatic heterocycles. The molecular formula is C20H17ClN4OS. The Morgan fingerprint density at radius 1 is 1.30 bits per heavy atom. The fourth-order valence-electron chi connectivity index (χ4n) is 3.33.